The summed E-state index contributed by atoms with van der Waals surface area (Å²) in [5, 5.41) is 0. The average Bonchev–Trinajstić information content (AvgIpc) is 2.39. The first-order valence-corrected chi connectivity index (χ1v) is 8.54. The number of benzene rings is 1. The summed E-state index contributed by atoms with van der Waals surface area (Å²) in [5.41, 5.74) is 0.734. The third-order valence-electron chi connectivity index (χ3n) is 3.38. The van der Waals surface area contributed by atoms with Crippen LogP contribution in [0.25, 0.3) is 0 Å². The Balaban J connectivity index is 2.44. The minimum atomic E-state index is -3.41. The monoisotopic (exact) mass is 347 g/mol. The molecule has 2 rings (SSSR count). The van der Waals surface area contributed by atoms with E-state index in [9.17, 15) is 8.42 Å². The van der Waals surface area contributed by atoms with Crippen molar-refractivity contribution in [3.63, 3.8) is 0 Å². The van der Waals surface area contributed by atoms with E-state index in [1.165, 1.54) is 7.11 Å². The Morgan fingerprint density at radius 1 is 1.21 bits per heavy atom. The van der Waals surface area contributed by atoms with Gasteiger partial charge in [0.05, 0.1) is 16.5 Å². The van der Waals surface area contributed by atoms with Gasteiger partial charge in [-0.05, 0) is 47.3 Å². The highest BCUT2D eigenvalue weighted by molar-refractivity contribution is 9.10. The Bertz CT molecular complexity index is 565. The van der Waals surface area contributed by atoms with Gasteiger partial charge in [0.2, 0.25) is 10.0 Å². The van der Waals surface area contributed by atoms with Gasteiger partial charge in [-0.3, -0.25) is 0 Å². The summed E-state index contributed by atoms with van der Waals surface area (Å²) in [6, 6.07) is 3.39. The van der Waals surface area contributed by atoms with Crippen LogP contribution < -0.4 is 4.74 Å². The molecule has 1 fully saturated rings. The van der Waals surface area contributed by atoms with Crippen molar-refractivity contribution in [2.45, 2.75) is 31.1 Å². The standard InChI is InChI=1S/C13H18BrNO3S/c1-10-8-11(14)12(18-2)9-13(10)19(16,17)15-6-4-3-5-7-15/h8-9H,3-7H2,1-2H3. The van der Waals surface area contributed by atoms with E-state index in [0.29, 0.717) is 23.7 Å². The third-order valence-corrected chi connectivity index (χ3v) is 6.04. The predicted octanol–water partition coefficient (Wildman–Crippen LogP) is 2.94. The van der Waals surface area contributed by atoms with E-state index >= 15 is 0 Å². The molecule has 1 aliphatic rings. The smallest absolute Gasteiger partial charge is 0.243 e. The number of halogens is 1. The van der Waals surface area contributed by atoms with Crippen molar-refractivity contribution in [2.75, 3.05) is 20.2 Å². The fraction of sp³-hybridized carbons (Fsp3) is 0.538. The van der Waals surface area contributed by atoms with Crippen LogP contribution in [0.1, 0.15) is 24.8 Å². The van der Waals surface area contributed by atoms with Crippen LogP contribution in [0.4, 0.5) is 0 Å². The Kier molecular flexibility index (Phi) is 4.53. The summed E-state index contributed by atoms with van der Waals surface area (Å²) in [6.45, 7) is 3.03. The average molecular weight is 348 g/mol. The number of methoxy groups -OCH3 is 1. The van der Waals surface area contributed by atoms with Crippen molar-refractivity contribution in [2.24, 2.45) is 0 Å². The molecule has 19 heavy (non-hydrogen) atoms. The van der Waals surface area contributed by atoms with E-state index in [2.05, 4.69) is 15.9 Å². The maximum atomic E-state index is 12.6. The van der Waals surface area contributed by atoms with Crippen LogP contribution in [-0.2, 0) is 10.0 Å². The van der Waals surface area contributed by atoms with E-state index in [1.807, 2.05) is 0 Å². The quantitative estimate of drug-likeness (QED) is 0.844. The lowest BCUT2D eigenvalue weighted by Gasteiger charge is -2.26. The molecule has 1 aliphatic heterocycles. The molecule has 0 unspecified atom stereocenters. The first kappa shape index (κ1) is 14.8. The topological polar surface area (TPSA) is 46.6 Å². The zero-order chi connectivity index (χ0) is 14.0. The van der Waals surface area contributed by atoms with Crippen molar-refractivity contribution in [3.05, 3.63) is 22.2 Å². The molecular weight excluding hydrogens is 330 g/mol. The normalized spacial score (nSPS) is 17.4. The van der Waals surface area contributed by atoms with E-state index in [4.69, 9.17) is 4.74 Å². The Morgan fingerprint density at radius 2 is 1.84 bits per heavy atom. The van der Waals surface area contributed by atoms with Gasteiger partial charge in [0, 0.05) is 19.2 Å². The largest absolute Gasteiger partial charge is 0.496 e. The number of piperidine rings is 1. The van der Waals surface area contributed by atoms with Gasteiger partial charge in [-0.1, -0.05) is 6.42 Å². The van der Waals surface area contributed by atoms with Gasteiger partial charge < -0.3 is 4.74 Å². The Hall–Kier alpha value is -0.590. The van der Waals surface area contributed by atoms with Gasteiger partial charge in [-0.25, -0.2) is 8.42 Å². The highest BCUT2D eigenvalue weighted by atomic mass is 79.9. The molecule has 6 heteroatoms. The maximum absolute atomic E-state index is 12.6. The Morgan fingerprint density at radius 3 is 2.42 bits per heavy atom. The fourth-order valence-corrected chi connectivity index (χ4v) is 4.67. The van der Waals surface area contributed by atoms with Crippen molar-refractivity contribution in [3.8, 4) is 5.75 Å². The highest BCUT2D eigenvalue weighted by Crippen LogP contribution is 2.32. The molecule has 1 heterocycles. The highest BCUT2D eigenvalue weighted by Gasteiger charge is 2.28. The summed E-state index contributed by atoms with van der Waals surface area (Å²) in [6.07, 6.45) is 2.98. The molecule has 0 bridgehead atoms. The molecular formula is C13H18BrNO3S. The second kappa shape index (κ2) is 5.81. The number of sulfonamides is 1. The van der Waals surface area contributed by atoms with E-state index in [0.717, 1.165) is 29.3 Å². The van der Waals surface area contributed by atoms with Gasteiger partial charge in [0.1, 0.15) is 5.75 Å². The number of nitrogens with zero attached hydrogens (tertiary/aromatic N) is 1. The van der Waals surface area contributed by atoms with E-state index in [-0.39, 0.29) is 0 Å². The predicted molar refractivity (Wildman–Crippen MR) is 78.0 cm³/mol. The molecule has 4 nitrogen and oxygen atoms in total. The van der Waals surface area contributed by atoms with Crippen LogP contribution in [0, 0.1) is 6.92 Å². The molecule has 1 aromatic rings. The SMILES string of the molecule is COc1cc(S(=O)(=O)N2CCCCC2)c(C)cc1Br. The first-order valence-electron chi connectivity index (χ1n) is 6.31. The molecule has 0 spiro atoms. The minimum absolute atomic E-state index is 0.342. The van der Waals surface area contributed by atoms with Crippen molar-refractivity contribution in [1.29, 1.82) is 0 Å². The lowest BCUT2D eigenvalue weighted by atomic mass is 10.2. The zero-order valence-corrected chi connectivity index (χ0v) is 13.6. The number of rotatable bonds is 3. The lowest BCUT2D eigenvalue weighted by Crippen LogP contribution is -2.35. The molecule has 0 radical (unpaired) electrons. The molecule has 1 aromatic carbocycles. The van der Waals surface area contributed by atoms with Crippen LogP contribution in [-0.4, -0.2) is 32.9 Å². The lowest BCUT2D eigenvalue weighted by molar-refractivity contribution is 0.346. The van der Waals surface area contributed by atoms with Gasteiger partial charge in [-0.15, -0.1) is 0 Å². The van der Waals surface area contributed by atoms with Crippen LogP contribution in [0.5, 0.6) is 5.75 Å². The van der Waals surface area contributed by atoms with Gasteiger partial charge in [0.25, 0.3) is 0 Å². The van der Waals surface area contributed by atoms with Gasteiger partial charge >= 0.3 is 0 Å². The summed E-state index contributed by atoms with van der Waals surface area (Å²) in [7, 11) is -1.88. The molecule has 0 N–H and O–H groups in total. The van der Waals surface area contributed by atoms with Crippen molar-refractivity contribution >= 4 is 26.0 Å². The molecule has 0 aromatic heterocycles. The van der Waals surface area contributed by atoms with Crippen LogP contribution in [0.15, 0.2) is 21.5 Å². The molecule has 1 saturated heterocycles. The van der Waals surface area contributed by atoms with E-state index < -0.39 is 10.0 Å². The van der Waals surface area contributed by atoms with Crippen LogP contribution >= 0.6 is 15.9 Å². The fourth-order valence-electron chi connectivity index (χ4n) is 2.31. The first-order chi connectivity index (χ1) is 8.96. The Labute approximate surface area is 122 Å². The molecule has 0 atom stereocenters. The van der Waals surface area contributed by atoms with Crippen LogP contribution in [0.2, 0.25) is 0 Å². The second-order valence-electron chi connectivity index (χ2n) is 4.72. The molecule has 0 aliphatic carbocycles. The summed E-state index contributed by atoms with van der Waals surface area (Å²) in [5.74, 6) is 0.543. The summed E-state index contributed by atoms with van der Waals surface area (Å²) >= 11 is 3.37. The molecule has 0 amide bonds. The van der Waals surface area contributed by atoms with Crippen molar-refractivity contribution in [1.82, 2.24) is 4.31 Å². The number of aryl methyl sites for hydroxylation is 1. The molecule has 0 saturated carbocycles. The van der Waals surface area contributed by atoms with Gasteiger partial charge in [-0.2, -0.15) is 4.31 Å². The second-order valence-corrected chi connectivity index (χ2v) is 7.48. The zero-order valence-electron chi connectivity index (χ0n) is 11.1. The summed E-state index contributed by atoms with van der Waals surface area (Å²) < 4.78 is 32.8. The third kappa shape index (κ3) is 2.95. The number of ether oxygens (including phenoxy) is 1. The van der Waals surface area contributed by atoms with Crippen LogP contribution in [0.3, 0.4) is 0 Å². The number of hydrogen-bond acceptors (Lipinski definition) is 3. The number of hydrogen-bond donors (Lipinski definition) is 0. The minimum Gasteiger partial charge on any atom is -0.496 e. The maximum Gasteiger partial charge on any atom is 0.243 e. The molecule has 106 valence electrons. The summed E-state index contributed by atoms with van der Waals surface area (Å²) in [4.78, 5) is 0.342. The van der Waals surface area contributed by atoms with Gasteiger partial charge in [0.15, 0.2) is 0 Å². The van der Waals surface area contributed by atoms with Crippen molar-refractivity contribution < 1.29 is 13.2 Å². The van der Waals surface area contributed by atoms with E-state index in [1.54, 1.807) is 23.4 Å².